The molecule has 0 aromatic carbocycles. The van der Waals surface area contributed by atoms with Gasteiger partial charge in [0.15, 0.2) is 5.78 Å². The van der Waals surface area contributed by atoms with Crippen LogP contribution in [0, 0.1) is 34.5 Å². The molecule has 4 N–H and O–H groups in total. The van der Waals surface area contributed by atoms with Crippen molar-refractivity contribution in [2.24, 2.45) is 34.5 Å². The quantitative estimate of drug-likeness (QED) is 0.228. The summed E-state index contributed by atoms with van der Waals surface area (Å²) in [6, 6.07) is 0. The lowest BCUT2D eigenvalue weighted by Crippen LogP contribution is -2.78. The zero-order chi connectivity index (χ0) is 28.7. The number of nitrogens with one attached hydrogen (secondary N) is 1. The van der Waals surface area contributed by atoms with Crippen molar-refractivity contribution in [3.8, 4) is 0 Å². The summed E-state index contributed by atoms with van der Waals surface area (Å²) < 4.78 is 5.55. The van der Waals surface area contributed by atoms with E-state index in [1.165, 1.54) is 6.92 Å². The third-order valence-corrected chi connectivity index (χ3v) is 9.75. The Morgan fingerprint density at radius 1 is 1.16 bits per heavy atom. The van der Waals surface area contributed by atoms with Gasteiger partial charge < -0.3 is 29.8 Å². The van der Waals surface area contributed by atoms with Crippen molar-refractivity contribution in [3.05, 3.63) is 12.7 Å². The largest absolute Gasteiger partial charge is 0.443 e. The predicted octanol–water partition coefficient (Wildman–Crippen LogP) is 2.56. The van der Waals surface area contributed by atoms with Gasteiger partial charge in [-0.1, -0.05) is 33.8 Å². The number of likely N-dealkylation sites (tertiary alicyclic amines) is 1. The number of rotatable bonds is 6. The van der Waals surface area contributed by atoms with Crippen LogP contribution in [0.1, 0.15) is 73.1 Å². The molecule has 1 heterocycles. The Bertz CT molecular complexity index is 932. The molecular formula is C28H46N2O8. The number of ether oxygens (including phenoxy) is 1. The number of hydroxylamine groups is 1. The Hall–Kier alpha value is -2.01. The number of hydrogen-bond donors (Lipinski definition) is 4. The monoisotopic (exact) mass is 538 g/mol. The third kappa shape index (κ3) is 5.12. The Morgan fingerprint density at radius 2 is 1.76 bits per heavy atom. The van der Waals surface area contributed by atoms with Gasteiger partial charge in [-0.25, -0.2) is 9.59 Å². The zero-order valence-corrected chi connectivity index (χ0v) is 23.7. The number of nitrogens with zero attached hydrogens (tertiary/aromatic N) is 1. The molecule has 1 saturated heterocycles. The van der Waals surface area contributed by atoms with Gasteiger partial charge in [-0.3, -0.25) is 4.79 Å². The van der Waals surface area contributed by atoms with Gasteiger partial charge in [-0.05, 0) is 70.0 Å². The highest BCUT2D eigenvalue weighted by atomic mass is 16.7. The van der Waals surface area contributed by atoms with Gasteiger partial charge in [-0.15, -0.1) is 12.1 Å². The molecule has 10 heteroatoms. The van der Waals surface area contributed by atoms with Crippen LogP contribution in [0.3, 0.4) is 0 Å². The number of piperidine rings is 1. The summed E-state index contributed by atoms with van der Waals surface area (Å²) in [7, 11) is 1.96. The number of aliphatic hydroxyl groups is 3. The maximum atomic E-state index is 13.7. The molecule has 10 nitrogen and oxygen atoms in total. The number of carbonyl (C=O) groups is 3. The average molecular weight is 539 g/mol. The number of fused-ring (bicyclic) bond motifs is 1. The van der Waals surface area contributed by atoms with E-state index in [-0.39, 0.29) is 31.1 Å². The van der Waals surface area contributed by atoms with Crippen LogP contribution in [0.4, 0.5) is 4.79 Å². The fourth-order valence-electron chi connectivity index (χ4n) is 7.40. The van der Waals surface area contributed by atoms with E-state index in [1.807, 2.05) is 26.4 Å². The van der Waals surface area contributed by atoms with E-state index in [0.717, 1.165) is 13.1 Å². The molecule has 7 atom stereocenters. The summed E-state index contributed by atoms with van der Waals surface area (Å²) in [4.78, 5) is 46.2. The third-order valence-electron chi connectivity index (χ3n) is 9.75. The van der Waals surface area contributed by atoms with Crippen molar-refractivity contribution in [2.45, 2.75) is 90.6 Å². The minimum atomic E-state index is -2.34. The number of hydrogen-bond acceptors (Lipinski definition) is 9. The van der Waals surface area contributed by atoms with Gasteiger partial charge in [0.1, 0.15) is 5.60 Å². The van der Waals surface area contributed by atoms with Crippen molar-refractivity contribution in [1.82, 2.24) is 10.4 Å². The molecule has 3 aliphatic rings. The fraction of sp³-hybridized carbons (Fsp3) is 0.821. The first-order chi connectivity index (χ1) is 17.5. The molecule has 0 bridgehead atoms. The van der Waals surface area contributed by atoms with E-state index in [0.29, 0.717) is 19.3 Å². The van der Waals surface area contributed by atoms with Crippen LogP contribution < -0.4 is 5.48 Å². The second-order valence-electron chi connectivity index (χ2n) is 12.8. The summed E-state index contributed by atoms with van der Waals surface area (Å²) >= 11 is 0. The standard InChI is InChI=1S/C28H46N2O8/c1-8-17(2)15-21(32)28(36)18(3)16-20(31)22-25(4,5)11-12-27(35,26(22,28)6)37-24(34)29-38-23(33)19-9-13-30(7)14-10-19/h8,17-20,22,31,35-36H,1,9-16H2,2-7H3,(H,29,34)/t17-,18+,20-,22+,26-,27-,28+/m1/s1. The second kappa shape index (κ2) is 10.9. The second-order valence-corrected chi connectivity index (χ2v) is 12.8. The molecule has 3 fully saturated rings. The molecule has 0 radical (unpaired) electrons. The minimum Gasteiger partial charge on any atom is -0.414 e. The highest BCUT2D eigenvalue weighted by Gasteiger charge is 2.76. The van der Waals surface area contributed by atoms with Crippen LogP contribution in [0.25, 0.3) is 0 Å². The smallest absolute Gasteiger partial charge is 0.414 e. The van der Waals surface area contributed by atoms with Gasteiger partial charge in [0.05, 0.1) is 17.4 Å². The van der Waals surface area contributed by atoms with Crippen LogP contribution in [-0.2, 0) is 19.2 Å². The topological polar surface area (TPSA) is 146 Å². The van der Waals surface area contributed by atoms with Crippen molar-refractivity contribution < 1.29 is 39.3 Å². The summed E-state index contributed by atoms with van der Waals surface area (Å²) in [5.41, 5.74) is -2.50. The highest BCUT2D eigenvalue weighted by Crippen LogP contribution is 2.66. The van der Waals surface area contributed by atoms with E-state index >= 15 is 0 Å². The van der Waals surface area contributed by atoms with E-state index in [1.54, 1.807) is 19.9 Å². The van der Waals surface area contributed by atoms with Crippen LogP contribution >= 0.6 is 0 Å². The molecular weight excluding hydrogens is 492 g/mol. The number of ketones is 1. The molecule has 0 aromatic rings. The van der Waals surface area contributed by atoms with E-state index < -0.39 is 58.0 Å². The van der Waals surface area contributed by atoms with Crippen molar-refractivity contribution in [3.63, 3.8) is 0 Å². The Morgan fingerprint density at radius 3 is 2.34 bits per heavy atom. The molecule has 0 aromatic heterocycles. The van der Waals surface area contributed by atoms with Crippen LogP contribution in [0.15, 0.2) is 12.7 Å². The highest BCUT2D eigenvalue weighted by molar-refractivity contribution is 5.89. The van der Waals surface area contributed by atoms with Gasteiger partial charge in [0.25, 0.3) is 0 Å². The van der Waals surface area contributed by atoms with Gasteiger partial charge in [-0.2, -0.15) is 0 Å². The van der Waals surface area contributed by atoms with Crippen LogP contribution in [0.2, 0.25) is 0 Å². The number of allylic oxidation sites excluding steroid dienone is 1. The van der Waals surface area contributed by atoms with Gasteiger partial charge in [0, 0.05) is 18.8 Å². The lowest BCUT2D eigenvalue weighted by molar-refractivity contribution is -0.362. The molecule has 1 aliphatic heterocycles. The van der Waals surface area contributed by atoms with Crippen LogP contribution in [-0.4, -0.2) is 75.7 Å². The Kier molecular flexibility index (Phi) is 8.73. The summed E-state index contributed by atoms with van der Waals surface area (Å²) in [5.74, 6) is -5.57. The maximum absolute atomic E-state index is 13.7. The Labute approximate surface area is 225 Å². The summed E-state index contributed by atoms with van der Waals surface area (Å²) in [6.45, 7) is 14.0. The first kappa shape index (κ1) is 30.5. The number of carbonyl (C=O) groups excluding carboxylic acids is 3. The Balaban J connectivity index is 1.90. The van der Waals surface area contributed by atoms with Crippen LogP contribution in [0.5, 0.6) is 0 Å². The first-order valence-electron chi connectivity index (χ1n) is 13.7. The van der Waals surface area contributed by atoms with Gasteiger partial charge in [0.2, 0.25) is 5.79 Å². The van der Waals surface area contributed by atoms with E-state index in [4.69, 9.17) is 9.57 Å². The van der Waals surface area contributed by atoms with E-state index in [2.05, 4.69) is 11.5 Å². The lowest BCUT2D eigenvalue weighted by Gasteiger charge is -2.67. The molecule has 38 heavy (non-hydrogen) atoms. The number of aliphatic hydroxyl groups excluding tert-OH is 1. The van der Waals surface area contributed by atoms with Crippen molar-refractivity contribution >= 4 is 17.8 Å². The molecule has 0 spiro atoms. The molecule has 0 unspecified atom stereocenters. The van der Waals surface area contributed by atoms with Crippen molar-refractivity contribution in [2.75, 3.05) is 20.1 Å². The molecule has 216 valence electrons. The lowest BCUT2D eigenvalue weighted by atomic mass is 9.41. The fourth-order valence-corrected chi connectivity index (χ4v) is 7.40. The maximum Gasteiger partial charge on any atom is 0.443 e. The molecule has 1 amide bonds. The summed E-state index contributed by atoms with van der Waals surface area (Å²) in [6.07, 6.45) is 1.01. The van der Waals surface area contributed by atoms with Gasteiger partial charge >= 0.3 is 12.1 Å². The predicted molar refractivity (Wildman–Crippen MR) is 139 cm³/mol. The first-order valence-corrected chi connectivity index (χ1v) is 13.7. The minimum absolute atomic E-state index is 0.0281. The van der Waals surface area contributed by atoms with E-state index in [9.17, 15) is 29.7 Å². The molecule has 2 aliphatic carbocycles. The average Bonchev–Trinajstić information content (AvgIpc) is 2.84. The normalized spacial score (nSPS) is 38.4. The van der Waals surface area contributed by atoms with Crippen molar-refractivity contribution in [1.29, 1.82) is 0 Å². The molecule has 2 saturated carbocycles. The number of amides is 1. The molecule has 3 rings (SSSR count). The number of Topliss-reactive ketones (excluding diaryl/α,β-unsaturated/α-hetero) is 1. The summed E-state index contributed by atoms with van der Waals surface area (Å²) in [5, 5.41) is 35.5. The zero-order valence-electron chi connectivity index (χ0n) is 23.7. The SMILES string of the molecule is C=C[C@@H](C)CC(=O)[C@@]1(O)[C@@H](C)C[C@@H](O)[C@H]2C(C)(C)CC[C@@](O)(OC(=O)NOC(=O)C3CCN(C)CC3)[C@@]21C.